The van der Waals surface area contributed by atoms with Gasteiger partial charge in [0.2, 0.25) is 11.8 Å². The van der Waals surface area contributed by atoms with Gasteiger partial charge in [-0.25, -0.2) is 9.78 Å². The number of hydrogen-bond donors (Lipinski definition) is 2. The average molecular weight is 408 g/mol. The lowest BCUT2D eigenvalue weighted by Gasteiger charge is -2.19. The number of benzene rings is 1. The number of amides is 2. The smallest absolute Gasteiger partial charge is 0.408 e. The maximum Gasteiger partial charge on any atom is 0.408 e. The van der Waals surface area contributed by atoms with E-state index < -0.39 is 17.6 Å². The molecule has 1 heterocycles. The molecule has 0 radical (unpaired) electrons. The van der Waals surface area contributed by atoms with Crippen LogP contribution in [0.25, 0.3) is 5.57 Å². The maximum absolute atomic E-state index is 11.9. The summed E-state index contributed by atoms with van der Waals surface area (Å²) in [5.41, 5.74) is 1.78. The summed E-state index contributed by atoms with van der Waals surface area (Å²) in [6.07, 6.45) is 0.764. The van der Waals surface area contributed by atoms with Crippen LogP contribution in [0, 0.1) is 11.3 Å². The number of nitriles is 1. The number of nitrogens with zero attached hydrogens (tertiary/aromatic N) is 2. The van der Waals surface area contributed by atoms with Crippen LogP contribution in [0.15, 0.2) is 43.1 Å². The number of aromatic nitrogens is 1. The van der Waals surface area contributed by atoms with Crippen molar-refractivity contribution in [3.05, 3.63) is 54.2 Å². The maximum atomic E-state index is 11.9. The zero-order chi connectivity index (χ0) is 22.3. The molecular weight excluding hydrogens is 384 g/mol. The van der Waals surface area contributed by atoms with Gasteiger partial charge in [-0.15, -0.1) is 0 Å². The molecule has 2 N–H and O–H groups in total. The minimum absolute atomic E-state index is 0.234. The molecule has 8 heteroatoms. The molecule has 0 atom stereocenters. The predicted octanol–water partition coefficient (Wildman–Crippen LogP) is 4.24. The number of rotatable bonds is 6. The number of allylic oxidation sites excluding steroid dienone is 1. The van der Waals surface area contributed by atoms with Crippen LogP contribution in [-0.2, 0) is 9.53 Å². The van der Waals surface area contributed by atoms with Crippen LogP contribution in [0.1, 0.15) is 38.8 Å². The summed E-state index contributed by atoms with van der Waals surface area (Å²) in [5.74, 6) is 0.407. The van der Waals surface area contributed by atoms with E-state index in [1.165, 1.54) is 6.20 Å². The van der Waals surface area contributed by atoms with Gasteiger partial charge in [-0.05, 0) is 63.1 Å². The van der Waals surface area contributed by atoms with Crippen LogP contribution in [0.5, 0.6) is 11.6 Å². The molecule has 30 heavy (non-hydrogen) atoms. The van der Waals surface area contributed by atoms with E-state index >= 15 is 0 Å². The Hall–Kier alpha value is -3.86. The second-order valence-corrected chi connectivity index (χ2v) is 7.49. The third-order valence-electron chi connectivity index (χ3n) is 3.61. The molecular formula is C22H24N4O4. The number of alkyl carbamates (subject to hydrolysis) is 1. The molecule has 0 saturated carbocycles. The molecule has 0 aliphatic heterocycles. The first-order chi connectivity index (χ1) is 14.1. The standard InChI is InChI=1S/C22H24N4O4/c1-14(2)18-10-17(8-6-15(18)11-23)29-20-9-7-16(12-24-20)26-19(27)13-25-21(28)30-22(3,4)5/h6-10,12H,1,13H2,2-5H3,(H,25,28)(H,26,27). The first-order valence-electron chi connectivity index (χ1n) is 9.18. The average Bonchev–Trinajstić information content (AvgIpc) is 2.66. The Labute approximate surface area is 175 Å². The predicted molar refractivity (Wildman–Crippen MR) is 113 cm³/mol. The number of pyridine rings is 1. The molecule has 0 bridgehead atoms. The minimum atomic E-state index is -0.670. The molecule has 156 valence electrons. The molecule has 2 rings (SSSR count). The Balaban J connectivity index is 1.93. The van der Waals surface area contributed by atoms with Gasteiger partial charge in [0.25, 0.3) is 0 Å². The van der Waals surface area contributed by atoms with Gasteiger partial charge < -0.3 is 20.1 Å². The van der Waals surface area contributed by atoms with Crippen LogP contribution in [0.2, 0.25) is 0 Å². The van der Waals surface area contributed by atoms with Gasteiger partial charge >= 0.3 is 6.09 Å². The number of hydrogen-bond acceptors (Lipinski definition) is 6. The van der Waals surface area contributed by atoms with Crippen LogP contribution in [0.4, 0.5) is 10.5 Å². The topological polar surface area (TPSA) is 113 Å². The summed E-state index contributed by atoms with van der Waals surface area (Å²) >= 11 is 0. The number of ether oxygens (including phenoxy) is 2. The molecule has 2 amide bonds. The summed E-state index contributed by atoms with van der Waals surface area (Å²) in [4.78, 5) is 27.7. The summed E-state index contributed by atoms with van der Waals surface area (Å²) in [6.45, 7) is 10.7. The zero-order valence-electron chi connectivity index (χ0n) is 17.4. The number of carbonyl (C=O) groups is 2. The van der Waals surface area contributed by atoms with E-state index in [1.54, 1.807) is 51.1 Å². The van der Waals surface area contributed by atoms with E-state index in [0.717, 1.165) is 5.57 Å². The quantitative estimate of drug-likeness (QED) is 0.739. The highest BCUT2D eigenvalue weighted by Gasteiger charge is 2.16. The lowest BCUT2D eigenvalue weighted by molar-refractivity contribution is -0.115. The Kier molecular flexibility index (Phi) is 7.15. The largest absolute Gasteiger partial charge is 0.444 e. The fourth-order valence-corrected chi connectivity index (χ4v) is 2.34. The van der Waals surface area contributed by atoms with Crippen molar-refractivity contribution in [3.63, 3.8) is 0 Å². The molecule has 0 aliphatic rings. The van der Waals surface area contributed by atoms with Crippen LogP contribution < -0.4 is 15.4 Å². The van der Waals surface area contributed by atoms with Crippen molar-refractivity contribution in [1.29, 1.82) is 5.26 Å². The van der Waals surface area contributed by atoms with Gasteiger partial charge in [-0.1, -0.05) is 6.58 Å². The van der Waals surface area contributed by atoms with Gasteiger partial charge in [-0.3, -0.25) is 4.79 Å². The van der Waals surface area contributed by atoms with Gasteiger partial charge in [-0.2, -0.15) is 5.26 Å². The highest BCUT2D eigenvalue weighted by atomic mass is 16.6. The molecule has 0 spiro atoms. The molecule has 1 aromatic carbocycles. The van der Waals surface area contributed by atoms with E-state index in [4.69, 9.17) is 14.7 Å². The minimum Gasteiger partial charge on any atom is -0.444 e. The fraction of sp³-hybridized carbons (Fsp3) is 0.273. The van der Waals surface area contributed by atoms with Crippen molar-refractivity contribution in [3.8, 4) is 17.7 Å². The van der Waals surface area contributed by atoms with Crippen LogP contribution >= 0.6 is 0 Å². The van der Waals surface area contributed by atoms with Gasteiger partial charge in [0.05, 0.1) is 23.5 Å². The Morgan fingerprint density at radius 1 is 1.23 bits per heavy atom. The molecule has 0 unspecified atom stereocenters. The van der Waals surface area contributed by atoms with Gasteiger partial charge in [0.15, 0.2) is 0 Å². The Morgan fingerprint density at radius 3 is 2.53 bits per heavy atom. The van der Waals surface area contributed by atoms with E-state index in [9.17, 15) is 9.59 Å². The summed E-state index contributed by atoms with van der Waals surface area (Å²) in [6, 6.07) is 10.4. The van der Waals surface area contributed by atoms with Crippen molar-refractivity contribution in [2.24, 2.45) is 0 Å². The lowest BCUT2D eigenvalue weighted by Crippen LogP contribution is -2.37. The summed E-state index contributed by atoms with van der Waals surface area (Å²) in [5, 5.41) is 14.2. The first-order valence-corrected chi connectivity index (χ1v) is 9.18. The zero-order valence-corrected chi connectivity index (χ0v) is 17.4. The van der Waals surface area contributed by atoms with Crippen LogP contribution in [-0.4, -0.2) is 29.1 Å². The van der Waals surface area contributed by atoms with E-state index in [0.29, 0.717) is 28.4 Å². The van der Waals surface area contributed by atoms with Crippen molar-refractivity contribution in [2.45, 2.75) is 33.3 Å². The fourth-order valence-electron chi connectivity index (χ4n) is 2.34. The third-order valence-corrected chi connectivity index (χ3v) is 3.61. The molecule has 0 aliphatic carbocycles. The molecule has 1 aromatic heterocycles. The van der Waals surface area contributed by atoms with E-state index in [1.807, 2.05) is 6.92 Å². The van der Waals surface area contributed by atoms with Crippen molar-refractivity contribution < 1.29 is 19.1 Å². The first kappa shape index (κ1) is 22.4. The SMILES string of the molecule is C=C(C)c1cc(Oc2ccc(NC(=O)CNC(=O)OC(C)(C)C)cn2)ccc1C#N. The molecule has 0 fully saturated rings. The normalized spacial score (nSPS) is 10.5. The second-order valence-electron chi connectivity index (χ2n) is 7.49. The van der Waals surface area contributed by atoms with Crippen molar-refractivity contribution >= 4 is 23.3 Å². The van der Waals surface area contributed by atoms with Crippen molar-refractivity contribution in [1.82, 2.24) is 10.3 Å². The third kappa shape index (κ3) is 6.95. The van der Waals surface area contributed by atoms with Gasteiger partial charge in [0, 0.05) is 6.07 Å². The van der Waals surface area contributed by atoms with E-state index in [2.05, 4.69) is 28.3 Å². The monoisotopic (exact) mass is 408 g/mol. The summed E-state index contributed by atoms with van der Waals surface area (Å²) in [7, 11) is 0. The highest BCUT2D eigenvalue weighted by molar-refractivity contribution is 5.93. The van der Waals surface area contributed by atoms with Crippen LogP contribution in [0.3, 0.4) is 0 Å². The molecule has 8 nitrogen and oxygen atoms in total. The summed E-state index contributed by atoms with van der Waals surface area (Å²) < 4.78 is 10.8. The van der Waals surface area contributed by atoms with Gasteiger partial charge in [0.1, 0.15) is 17.9 Å². The number of anilines is 1. The Morgan fingerprint density at radius 2 is 1.97 bits per heavy atom. The number of carbonyl (C=O) groups excluding carboxylic acids is 2. The highest BCUT2D eigenvalue weighted by Crippen LogP contribution is 2.26. The molecule has 0 saturated heterocycles. The second kappa shape index (κ2) is 9.56. The number of nitrogens with one attached hydrogen (secondary N) is 2. The molecule has 2 aromatic rings. The van der Waals surface area contributed by atoms with Crippen molar-refractivity contribution in [2.75, 3.05) is 11.9 Å². The lowest BCUT2D eigenvalue weighted by atomic mass is 10.0. The van der Waals surface area contributed by atoms with E-state index in [-0.39, 0.29) is 6.54 Å². The Bertz CT molecular complexity index is 986.